The van der Waals surface area contributed by atoms with E-state index in [0.29, 0.717) is 0 Å². The minimum Gasteiger partial charge on any atom is -0.258 e. The predicted octanol–water partition coefficient (Wildman–Crippen LogP) is 4.76. The van der Waals surface area contributed by atoms with Gasteiger partial charge in [0.1, 0.15) is 11.5 Å². The Kier molecular flexibility index (Phi) is 3.40. The molecule has 0 atom stereocenters. The Labute approximate surface area is 142 Å². The number of hydrogen-bond acceptors (Lipinski definition) is 3. The van der Waals surface area contributed by atoms with Gasteiger partial charge in [-0.15, -0.1) is 10.2 Å². The summed E-state index contributed by atoms with van der Waals surface area (Å²) in [5.41, 5.74) is -0.706. The fourth-order valence-corrected chi connectivity index (χ4v) is 2.94. The highest BCUT2D eigenvalue weighted by Crippen LogP contribution is 2.36. The van der Waals surface area contributed by atoms with Crippen LogP contribution in [0, 0.1) is 5.82 Å². The molecular weight excluding hydrogens is 360 g/mol. The van der Waals surface area contributed by atoms with E-state index in [0.717, 1.165) is 12.3 Å². The number of fused-ring (bicyclic) bond motifs is 3. The zero-order valence-corrected chi connectivity index (χ0v) is 13.0. The maximum Gasteiger partial charge on any atom is 0.417 e. The van der Waals surface area contributed by atoms with Gasteiger partial charge in [-0.2, -0.15) is 13.2 Å². The summed E-state index contributed by atoms with van der Waals surface area (Å²) in [6, 6.07) is 7.58. The lowest BCUT2D eigenvalue weighted by molar-refractivity contribution is -0.136. The summed E-state index contributed by atoms with van der Waals surface area (Å²) in [4.78, 5) is 4.02. The summed E-state index contributed by atoms with van der Waals surface area (Å²) in [6.45, 7) is 0. The summed E-state index contributed by atoms with van der Waals surface area (Å²) in [5.74, 6) is -0.679. The van der Waals surface area contributed by atoms with Crippen molar-refractivity contribution >= 4 is 28.3 Å². The van der Waals surface area contributed by atoms with Crippen LogP contribution in [0.15, 0.2) is 42.6 Å². The molecule has 0 aliphatic heterocycles. The van der Waals surface area contributed by atoms with E-state index in [9.17, 15) is 17.6 Å². The fourth-order valence-electron chi connectivity index (χ4n) is 2.70. The molecule has 0 bridgehead atoms. The summed E-state index contributed by atoms with van der Waals surface area (Å²) in [6.07, 6.45) is -3.52. The minimum absolute atomic E-state index is 0.0180. The van der Waals surface area contributed by atoms with Crippen LogP contribution in [0.5, 0.6) is 0 Å². The molecule has 25 heavy (non-hydrogen) atoms. The van der Waals surface area contributed by atoms with Gasteiger partial charge in [-0.1, -0.05) is 17.7 Å². The first-order valence-electron chi connectivity index (χ1n) is 7.02. The van der Waals surface area contributed by atoms with Crippen molar-refractivity contribution in [1.82, 2.24) is 19.6 Å². The van der Waals surface area contributed by atoms with Crippen molar-refractivity contribution in [3.05, 3.63) is 59.0 Å². The number of alkyl halides is 3. The maximum absolute atomic E-state index is 14.2. The third-order valence-corrected chi connectivity index (χ3v) is 4.07. The van der Waals surface area contributed by atoms with Gasteiger partial charge in [0.2, 0.25) is 0 Å². The molecule has 1 aromatic carbocycles. The summed E-state index contributed by atoms with van der Waals surface area (Å²) >= 11 is 6.05. The molecule has 4 nitrogen and oxygen atoms in total. The Bertz CT molecular complexity index is 1100. The molecule has 3 heterocycles. The van der Waals surface area contributed by atoms with Crippen LogP contribution in [0.1, 0.15) is 5.56 Å². The SMILES string of the molecule is Fc1cccc(Cl)c1-c1nnc2ccc3c(C(F)(F)F)ccnc3n12. The highest BCUT2D eigenvalue weighted by molar-refractivity contribution is 6.33. The van der Waals surface area contributed by atoms with Crippen LogP contribution in [0.2, 0.25) is 5.02 Å². The number of pyridine rings is 2. The molecule has 0 unspecified atom stereocenters. The van der Waals surface area contributed by atoms with Crippen LogP contribution in [0.4, 0.5) is 17.6 Å². The zero-order chi connectivity index (χ0) is 17.8. The number of nitrogens with zero attached hydrogens (tertiary/aromatic N) is 4. The van der Waals surface area contributed by atoms with Crippen molar-refractivity contribution in [2.45, 2.75) is 6.18 Å². The molecule has 0 radical (unpaired) electrons. The lowest BCUT2D eigenvalue weighted by Gasteiger charge is -2.11. The normalized spacial score (nSPS) is 12.2. The number of hydrogen-bond donors (Lipinski definition) is 0. The zero-order valence-electron chi connectivity index (χ0n) is 12.2. The molecule has 0 aliphatic carbocycles. The van der Waals surface area contributed by atoms with Crippen molar-refractivity contribution in [3.63, 3.8) is 0 Å². The van der Waals surface area contributed by atoms with Gasteiger partial charge >= 0.3 is 6.18 Å². The Morgan fingerprint density at radius 2 is 1.80 bits per heavy atom. The largest absolute Gasteiger partial charge is 0.417 e. The van der Waals surface area contributed by atoms with E-state index in [1.807, 2.05) is 0 Å². The van der Waals surface area contributed by atoms with Crippen molar-refractivity contribution < 1.29 is 17.6 Å². The number of halogens is 5. The second-order valence-corrected chi connectivity index (χ2v) is 5.65. The Balaban J connectivity index is 2.14. The lowest BCUT2D eigenvalue weighted by atomic mass is 10.1. The first kappa shape index (κ1) is 15.8. The first-order chi connectivity index (χ1) is 11.9. The second-order valence-electron chi connectivity index (χ2n) is 5.24. The van der Waals surface area contributed by atoms with E-state index in [1.54, 1.807) is 0 Å². The molecule has 0 N–H and O–H groups in total. The fraction of sp³-hybridized carbons (Fsp3) is 0.0625. The van der Waals surface area contributed by atoms with Crippen molar-refractivity contribution in [3.8, 4) is 11.4 Å². The van der Waals surface area contributed by atoms with Gasteiger partial charge in [0.25, 0.3) is 0 Å². The maximum atomic E-state index is 14.2. The standard InChI is InChI=1S/C16H7ClF4N4/c17-10-2-1-3-11(18)13(10)15-24-23-12-5-4-8-9(16(19,20)21)6-7-22-14(8)25(12)15/h1-7H. The Hall–Kier alpha value is -2.74. The molecule has 0 spiro atoms. The van der Waals surface area contributed by atoms with Crippen LogP contribution in [0.25, 0.3) is 28.1 Å². The van der Waals surface area contributed by atoms with E-state index < -0.39 is 17.6 Å². The third-order valence-electron chi connectivity index (χ3n) is 3.76. The van der Waals surface area contributed by atoms with Crippen molar-refractivity contribution in [1.29, 1.82) is 0 Å². The number of aromatic nitrogens is 4. The molecule has 4 aromatic rings. The third kappa shape index (κ3) is 2.41. The topological polar surface area (TPSA) is 43.1 Å². The van der Waals surface area contributed by atoms with E-state index in [2.05, 4.69) is 15.2 Å². The van der Waals surface area contributed by atoms with E-state index in [4.69, 9.17) is 11.6 Å². The Morgan fingerprint density at radius 1 is 1.00 bits per heavy atom. The summed E-state index contributed by atoms with van der Waals surface area (Å²) < 4.78 is 55.2. The van der Waals surface area contributed by atoms with Gasteiger partial charge in [0.15, 0.2) is 11.5 Å². The minimum atomic E-state index is -4.56. The van der Waals surface area contributed by atoms with Crippen molar-refractivity contribution in [2.24, 2.45) is 0 Å². The van der Waals surface area contributed by atoms with E-state index in [1.165, 1.54) is 34.7 Å². The second kappa shape index (κ2) is 5.38. The molecule has 0 saturated heterocycles. The highest BCUT2D eigenvalue weighted by Gasteiger charge is 2.33. The van der Waals surface area contributed by atoms with Gasteiger partial charge in [-0.3, -0.25) is 4.40 Å². The average molecular weight is 367 g/mol. The lowest BCUT2D eigenvalue weighted by Crippen LogP contribution is -2.07. The molecule has 0 saturated carbocycles. The molecule has 0 amide bonds. The van der Waals surface area contributed by atoms with Gasteiger partial charge < -0.3 is 0 Å². The average Bonchev–Trinajstić information content (AvgIpc) is 2.97. The molecule has 3 aromatic heterocycles. The van der Waals surface area contributed by atoms with Crippen LogP contribution in [-0.2, 0) is 6.18 Å². The van der Waals surface area contributed by atoms with Crippen LogP contribution in [-0.4, -0.2) is 19.6 Å². The summed E-state index contributed by atoms with van der Waals surface area (Å²) in [7, 11) is 0. The van der Waals surface area contributed by atoms with Crippen LogP contribution < -0.4 is 0 Å². The number of benzene rings is 1. The van der Waals surface area contributed by atoms with Gasteiger partial charge in [-0.05, 0) is 30.3 Å². The molecule has 0 aliphatic rings. The molecular formula is C16H7ClF4N4. The molecule has 4 rings (SSSR count). The molecule has 0 fully saturated rings. The Morgan fingerprint density at radius 3 is 2.52 bits per heavy atom. The number of rotatable bonds is 1. The highest BCUT2D eigenvalue weighted by atomic mass is 35.5. The predicted molar refractivity (Wildman–Crippen MR) is 83.7 cm³/mol. The quantitative estimate of drug-likeness (QED) is 0.456. The van der Waals surface area contributed by atoms with Gasteiger partial charge in [-0.25, -0.2) is 9.37 Å². The molecule has 126 valence electrons. The van der Waals surface area contributed by atoms with Gasteiger partial charge in [0, 0.05) is 11.6 Å². The van der Waals surface area contributed by atoms with Gasteiger partial charge in [0.05, 0.1) is 16.1 Å². The van der Waals surface area contributed by atoms with Crippen LogP contribution in [0.3, 0.4) is 0 Å². The monoisotopic (exact) mass is 366 g/mol. The summed E-state index contributed by atoms with van der Waals surface area (Å²) in [5, 5.41) is 7.71. The van der Waals surface area contributed by atoms with E-state index >= 15 is 0 Å². The first-order valence-corrected chi connectivity index (χ1v) is 7.40. The van der Waals surface area contributed by atoms with E-state index in [-0.39, 0.29) is 33.1 Å². The molecule has 9 heteroatoms. The smallest absolute Gasteiger partial charge is 0.258 e. The van der Waals surface area contributed by atoms with Crippen LogP contribution >= 0.6 is 11.6 Å². The van der Waals surface area contributed by atoms with Crippen molar-refractivity contribution in [2.75, 3.05) is 0 Å².